The van der Waals surface area contributed by atoms with Gasteiger partial charge in [-0.3, -0.25) is 0 Å². The Bertz CT molecular complexity index is 341. The lowest BCUT2D eigenvalue weighted by molar-refractivity contribution is 0.109. The van der Waals surface area contributed by atoms with E-state index in [4.69, 9.17) is 10.5 Å². The Kier molecular flexibility index (Phi) is 3.37. The fourth-order valence-electron chi connectivity index (χ4n) is 1.61. The van der Waals surface area contributed by atoms with Crippen molar-refractivity contribution < 1.29 is 4.74 Å². The molecule has 82 valence electrons. The summed E-state index contributed by atoms with van der Waals surface area (Å²) in [6, 6.07) is 0. The molecule has 0 aromatic carbocycles. The van der Waals surface area contributed by atoms with E-state index in [1.54, 1.807) is 0 Å². The Morgan fingerprint density at radius 3 is 3.00 bits per heavy atom. The van der Waals surface area contributed by atoms with Gasteiger partial charge in [0.05, 0.1) is 6.10 Å². The number of aromatic nitrogens is 3. The molecule has 0 amide bonds. The zero-order chi connectivity index (χ0) is 10.7. The molecule has 1 aromatic heterocycles. The van der Waals surface area contributed by atoms with Crippen LogP contribution in [0, 0.1) is 0 Å². The molecule has 1 atom stereocenters. The summed E-state index contributed by atoms with van der Waals surface area (Å²) in [5, 5.41) is 0.676. The Morgan fingerprint density at radius 2 is 2.33 bits per heavy atom. The lowest BCUT2D eigenvalue weighted by Crippen LogP contribution is -2.13. The van der Waals surface area contributed by atoms with Gasteiger partial charge in [-0.1, -0.05) is 11.8 Å². The number of hydrogen-bond donors (Lipinski definition) is 1. The third-order valence-electron chi connectivity index (χ3n) is 2.30. The summed E-state index contributed by atoms with van der Waals surface area (Å²) >= 11 is 1.47. The molecule has 1 fully saturated rings. The van der Waals surface area contributed by atoms with E-state index in [2.05, 4.69) is 15.0 Å². The minimum Gasteiger partial charge on any atom is -0.378 e. The Balaban J connectivity index is 2.09. The molecule has 0 aliphatic carbocycles. The molecular formula is C9H14N4OS. The Hall–Kier alpha value is -0.880. The molecule has 0 bridgehead atoms. The molecule has 15 heavy (non-hydrogen) atoms. The lowest BCUT2D eigenvalue weighted by atomic mass is 10.2. The molecule has 0 saturated carbocycles. The Morgan fingerprint density at radius 1 is 1.47 bits per heavy atom. The number of thioether (sulfide) groups is 1. The fraction of sp³-hybridized carbons (Fsp3) is 0.667. The molecule has 0 radical (unpaired) electrons. The average molecular weight is 226 g/mol. The van der Waals surface area contributed by atoms with Crippen molar-refractivity contribution in [3.05, 3.63) is 5.82 Å². The zero-order valence-electron chi connectivity index (χ0n) is 8.64. The first-order chi connectivity index (χ1) is 7.28. The largest absolute Gasteiger partial charge is 0.378 e. The van der Waals surface area contributed by atoms with Gasteiger partial charge in [0.25, 0.3) is 0 Å². The van der Waals surface area contributed by atoms with Crippen molar-refractivity contribution >= 4 is 17.7 Å². The number of nitrogen functional groups attached to an aromatic ring is 1. The van der Waals surface area contributed by atoms with Crippen LogP contribution in [0.15, 0.2) is 5.16 Å². The summed E-state index contributed by atoms with van der Waals surface area (Å²) in [7, 11) is 0. The minimum atomic E-state index is 0.251. The highest BCUT2D eigenvalue weighted by Gasteiger charge is 2.18. The third kappa shape index (κ3) is 2.79. The number of nitrogens with two attached hydrogens (primary N) is 1. The maximum absolute atomic E-state index is 5.59. The second-order valence-electron chi connectivity index (χ2n) is 3.44. The highest BCUT2D eigenvalue weighted by Crippen LogP contribution is 2.17. The van der Waals surface area contributed by atoms with Crippen LogP contribution in [-0.4, -0.2) is 33.9 Å². The van der Waals surface area contributed by atoms with Crippen LogP contribution in [0.3, 0.4) is 0 Å². The van der Waals surface area contributed by atoms with Crippen LogP contribution in [0.1, 0.15) is 18.7 Å². The lowest BCUT2D eigenvalue weighted by Gasteiger charge is -2.08. The van der Waals surface area contributed by atoms with Gasteiger partial charge < -0.3 is 10.5 Å². The molecule has 1 aliphatic rings. The standard InChI is InChI=1S/C9H14N4OS/c1-15-9-12-7(11-8(10)13-9)5-6-3-2-4-14-6/h6H,2-5H2,1H3,(H2,10,11,12,13). The highest BCUT2D eigenvalue weighted by atomic mass is 32.2. The van der Waals surface area contributed by atoms with E-state index < -0.39 is 0 Å². The van der Waals surface area contributed by atoms with E-state index in [1.807, 2.05) is 6.26 Å². The molecule has 0 spiro atoms. The molecule has 2 rings (SSSR count). The normalized spacial score (nSPS) is 20.7. The predicted molar refractivity (Wildman–Crippen MR) is 58.7 cm³/mol. The molecule has 6 heteroatoms. The van der Waals surface area contributed by atoms with Crippen LogP contribution >= 0.6 is 11.8 Å². The van der Waals surface area contributed by atoms with Crippen molar-refractivity contribution in [3.63, 3.8) is 0 Å². The smallest absolute Gasteiger partial charge is 0.224 e. The number of anilines is 1. The summed E-state index contributed by atoms with van der Waals surface area (Å²) in [6.45, 7) is 0.848. The molecule has 1 aromatic rings. The monoisotopic (exact) mass is 226 g/mol. The van der Waals surface area contributed by atoms with E-state index in [9.17, 15) is 0 Å². The van der Waals surface area contributed by atoms with Gasteiger partial charge >= 0.3 is 0 Å². The first kappa shape index (κ1) is 10.6. The van der Waals surface area contributed by atoms with Crippen LogP contribution in [0.25, 0.3) is 0 Å². The van der Waals surface area contributed by atoms with Gasteiger partial charge in [0, 0.05) is 13.0 Å². The summed E-state index contributed by atoms with van der Waals surface area (Å²) in [6.07, 6.45) is 5.12. The summed E-state index contributed by atoms with van der Waals surface area (Å²) in [4.78, 5) is 12.4. The van der Waals surface area contributed by atoms with Gasteiger partial charge in [0.15, 0.2) is 5.16 Å². The van der Waals surface area contributed by atoms with Crippen LogP contribution < -0.4 is 5.73 Å². The van der Waals surface area contributed by atoms with Crippen molar-refractivity contribution in [2.75, 3.05) is 18.6 Å². The van der Waals surface area contributed by atoms with Crippen molar-refractivity contribution in [3.8, 4) is 0 Å². The SMILES string of the molecule is CSc1nc(N)nc(CC2CCCO2)n1. The molecule has 1 unspecified atom stereocenters. The zero-order valence-corrected chi connectivity index (χ0v) is 9.46. The highest BCUT2D eigenvalue weighted by molar-refractivity contribution is 7.98. The van der Waals surface area contributed by atoms with Crippen LogP contribution in [0.2, 0.25) is 0 Å². The molecule has 2 N–H and O–H groups in total. The molecule has 2 heterocycles. The van der Waals surface area contributed by atoms with Gasteiger partial charge in [-0.25, -0.2) is 4.98 Å². The average Bonchev–Trinajstić information content (AvgIpc) is 2.69. The van der Waals surface area contributed by atoms with Crippen LogP contribution in [0.5, 0.6) is 0 Å². The summed E-state index contributed by atoms with van der Waals surface area (Å²) in [5.41, 5.74) is 5.59. The fourth-order valence-corrected chi connectivity index (χ4v) is 1.99. The van der Waals surface area contributed by atoms with E-state index in [0.717, 1.165) is 31.7 Å². The van der Waals surface area contributed by atoms with Gasteiger partial charge in [-0.15, -0.1) is 0 Å². The molecule has 5 nitrogen and oxygen atoms in total. The predicted octanol–water partition coefficient (Wildman–Crippen LogP) is 0.897. The Labute approximate surface area is 92.9 Å². The number of rotatable bonds is 3. The van der Waals surface area contributed by atoms with Gasteiger partial charge in [-0.2, -0.15) is 9.97 Å². The molecular weight excluding hydrogens is 212 g/mol. The van der Waals surface area contributed by atoms with Crippen molar-refractivity contribution in [2.45, 2.75) is 30.5 Å². The minimum absolute atomic E-state index is 0.251. The van der Waals surface area contributed by atoms with E-state index in [0.29, 0.717) is 11.1 Å². The second kappa shape index (κ2) is 4.76. The third-order valence-corrected chi connectivity index (χ3v) is 2.84. The topological polar surface area (TPSA) is 73.9 Å². The maximum Gasteiger partial charge on any atom is 0.224 e. The van der Waals surface area contributed by atoms with Gasteiger partial charge in [-0.05, 0) is 19.1 Å². The van der Waals surface area contributed by atoms with Crippen LogP contribution in [-0.2, 0) is 11.2 Å². The van der Waals surface area contributed by atoms with Crippen molar-refractivity contribution in [1.29, 1.82) is 0 Å². The van der Waals surface area contributed by atoms with Gasteiger partial charge in [0.2, 0.25) is 5.95 Å². The first-order valence-corrected chi connectivity index (χ1v) is 6.16. The van der Waals surface area contributed by atoms with E-state index >= 15 is 0 Å². The quantitative estimate of drug-likeness (QED) is 0.772. The molecule has 1 aliphatic heterocycles. The summed E-state index contributed by atoms with van der Waals surface area (Å²) < 4.78 is 5.52. The summed E-state index contributed by atoms with van der Waals surface area (Å²) in [5.74, 6) is 1.03. The number of ether oxygens (including phenoxy) is 1. The van der Waals surface area contributed by atoms with E-state index in [1.165, 1.54) is 11.8 Å². The molecule has 1 saturated heterocycles. The first-order valence-electron chi connectivity index (χ1n) is 4.94. The van der Waals surface area contributed by atoms with E-state index in [-0.39, 0.29) is 6.10 Å². The maximum atomic E-state index is 5.59. The van der Waals surface area contributed by atoms with Crippen molar-refractivity contribution in [2.24, 2.45) is 0 Å². The van der Waals surface area contributed by atoms with Gasteiger partial charge in [0.1, 0.15) is 5.82 Å². The second-order valence-corrected chi connectivity index (χ2v) is 4.21. The van der Waals surface area contributed by atoms with Crippen LogP contribution in [0.4, 0.5) is 5.95 Å². The van der Waals surface area contributed by atoms with Crippen molar-refractivity contribution in [1.82, 2.24) is 15.0 Å². The number of hydrogen-bond acceptors (Lipinski definition) is 6. The number of nitrogens with zero attached hydrogens (tertiary/aromatic N) is 3.